The molecule has 3 N–H and O–H groups in total. The van der Waals surface area contributed by atoms with Crippen LogP contribution in [-0.2, 0) is 26.2 Å². The molecule has 1 aliphatic heterocycles. The third-order valence-electron chi connectivity index (χ3n) is 8.44. The molecular formula is C34H46Cl2N6O5S. The summed E-state index contributed by atoms with van der Waals surface area (Å²) >= 11 is 13.1. The number of benzene rings is 2. The van der Waals surface area contributed by atoms with Gasteiger partial charge in [0.25, 0.3) is 0 Å². The molecule has 1 saturated heterocycles. The number of aromatic nitrogens is 1. The molecule has 1 atom stereocenters. The van der Waals surface area contributed by atoms with Crippen molar-refractivity contribution in [1.29, 1.82) is 0 Å². The Morgan fingerprint density at radius 1 is 1.06 bits per heavy atom. The monoisotopic (exact) mass is 720 g/mol. The summed E-state index contributed by atoms with van der Waals surface area (Å²) in [5.41, 5.74) is 7.51. The minimum absolute atomic E-state index is 0.107. The number of halogens is 2. The molecule has 1 aliphatic rings. The van der Waals surface area contributed by atoms with Crippen LogP contribution in [0.2, 0.25) is 10.0 Å². The number of aryl methyl sites for hydroxylation is 2. The highest BCUT2D eigenvalue weighted by atomic mass is 35.5. The van der Waals surface area contributed by atoms with Gasteiger partial charge in [-0.15, -0.1) is 0 Å². The third-order valence-corrected chi connectivity index (χ3v) is 11.0. The number of nitrogens with one attached hydrogen (secondary N) is 1. The lowest BCUT2D eigenvalue weighted by atomic mass is 10.0. The van der Waals surface area contributed by atoms with E-state index in [2.05, 4.69) is 14.6 Å². The predicted molar refractivity (Wildman–Crippen MR) is 190 cm³/mol. The zero-order chi connectivity index (χ0) is 35.4. The second kappa shape index (κ2) is 15.7. The van der Waals surface area contributed by atoms with E-state index < -0.39 is 27.5 Å². The number of carbonyl (C=O) groups is 2. The smallest absolute Gasteiger partial charge is 0.243 e. The topological polar surface area (TPSA) is 138 Å². The van der Waals surface area contributed by atoms with Crippen molar-refractivity contribution in [3.63, 3.8) is 0 Å². The molecule has 1 fully saturated rings. The van der Waals surface area contributed by atoms with E-state index in [9.17, 15) is 18.0 Å². The molecule has 11 nitrogen and oxygen atoms in total. The van der Waals surface area contributed by atoms with Gasteiger partial charge in [-0.05, 0) is 91.0 Å². The van der Waals surface area contributed by atoms with Crippen LogP contribution in [0.1, 0.15) is 49.9 Å². The number of rotatable bonds is 13. The molecule has 0 aliphatic carbocycles. The van der Waals surface area contributed by atoms with Crippen molar-refractivity contribution in [2.45, 2.75) is 70.0 Å². The number of unbranched alkanes of at least 4 members (excludes halogenated alkanes) is 1. The van der Waals surface area contributed by atoms with Gasteiger partial charge in [0.15, 0.2) is 0 Å². The van der Waals surface area contributed by atoms with Gasteiger partial charge in [-0.1, -0.05) is 41.8 Å². The first-order valence-corrected chi connectivity index (χ1v) is 18.2. The number of pyridine rings is 1. The van der Waals surface area contributed by atoms with Crippen molar-refractivity contribution in [3.8, 4) is 5.75 Å². The van der Waals surface area contributed by atoms with Crippen molar-refractivity contribution in [2.24, 2.45) is 5.73 Å². The van der Waals surface area contributed by atoms with Gasteiger partial charge in [0.05, 0.1) is 11.1 Å². The number of carbonyl (C=O) groups excluding carboxylic acids is 2. The number of para-hydroxylation sites is 1. The van der Waals surface area contributed by atoms with Crippen LogP contribution in [0.25, 0.3) is 10.9 Å². The quantitative estimate of drug-likeness (QED) is 0.246. The second-order valence-electron chi connectivity index (χ2n) is 13.1. The van der Waals surface area contributed by atoms with E-state index in [-0.39, 0.29) is 46.1 Å². The second-order valence-corrected chi connectivity index (χ2v) is 15.5. The van der Waals surface area contributed by atoms with Crippen LogP contribution in [0.5, 0.6) is 5.75 Å². The normalized spacial score (nSPS) is 14.9. The van der Waals surface area contributed by atoms with Gasteiger partial charge in [-0.2, -0.15) is 4.72 Å². The number of sulfonamides is 1. The predicted octanol–water partition coefficient (Wildman–Crippen LogP) is 4.52. The number of nitrogens with two attached hydrogens (primary N) is 1. The Kier molecular flexibility index (Phi) is 12.4. The van der Waals surface area contributed by atoms with Gasteiger partial charge in [0.1, 0.15) is 28.3 Å². The van der Waals surface area contributed by atoms with E-state index in [1.165, 1.54) is 26.0 Å². The van der Waals surface area contributed by atoms with Crippen molar-refractivity contribution in [2.75, 3.05) is 46.8 Å². The molecule has 14 heteroatoms. The van der Waals surface area contributed by atoms with Gasteiger partial charge in [-0.25, -0.2) is 13.4 Å². The maximum atomic E-state index is 13.7. The molecule has 262 valence electrons. The Hall–Kier alpha value is -3.00. The summed E-state index contributed by atoms with van der Waals surface area (Å²) in [6.07, 6.45) is 2.41. The van der Waals surface area contributed by atoms with E-state index in [0.29, 0.717) is 30.8 Å². The fourth-order valence-corrected chi connectivity index (χ4v) is 8.11. The molecule has 2 aromatic carbocycles. The van der Waals surface area contributed by atoms with Crippen molar-refractivity contribution >= 4 is 55.9 Å². The number of nitrogens with zero attached hydrogens (tertiary/aromatic N) is 4. The molecule has 0 bridgehead atoms. The Morgan fingerprint density at radius 2 is 1.73 bits per heavy atom. The minimum atomic E-state index is -4.29. The average molecular weight is 722 g/mol. The van der Waals surface area contributed by atoms with Gasteiger partial charge in [-0.3, -0.25) is 9.59 Å². The lowest BCUT2D eigenvalue weighted by molar-refractivity contribution is -0.143. The molecule has 2 heterocycles. The average Bonchev–Trinajstić information content (AvgIpc) is 3.01. The summed E-state index contributed by atoms with van der Waals surface area (Å²) in [4.78, 5) is 36.2. The lowest BCUT2D eigenvalue weighted by Gasteiger charge is -2.39. The third kappa shape index (κ3) is 8.96. The first kappa shape index (κ1) is 37.8. The number of ether oxygens (including phenoxy) is 1. The molecule has 1 unspecified atom stereocenters. The van der Waals surface area contributed by atoms with E-state index in [0.717, 1.165) is 36.0 Å². The molecule has 0 saturated carbocycles. The van der Waals surface area contributed by atoms with Crippen LogP contribution >= 0.6 is 23.2 Å². The summed E-state index contributed by atoms with van der Waals surface area (Å²) in [6.45, 7) is 8.87. The summed E-state index contributed by atoms with van der Waals surface area (Å²) in [5.74, 6) is -0.0480. The standard InChI is InChI=1S/C34H46Cl2N6O5S/c1-22-20-23(2)38-31-24(22)10-9-12-28(31)47-21-25-26(35)13-14-29(30(25)36)48(45,46)39-34(3,4)33(44)42-18-16-41(17-19-42)32(43)27(37)11-7-8-15-40(5)6/h9-10,12-14,20,27,39H,7-8,11,15-19,21,37H2,1-6H3. The van der Waals surface area contributed by atoms with Crippen molar-refractivity contribution in [3.05, 3.63) is 63.3 Å². The molecule has 0 spiro atoms. The van der Waals surface area contributed by atoms with Gasteiger partial charge in [0.2, 0.25) is 21.8 Å². The van der Waals surface area contributed by atoms with E-state index in [1.54, 1.807) is 15.9 Å². The summed E-state index contributed by atoms with van der Waals surface area (Å²) in [5, 5.41) is 1.06. The number of piperazine rings is 1. The number of hydrogen-bond donors (Lipinski definition) is 2. The molecule has 2 amide bonds. The Labute approximate surface area is 293 Å². The van der Waals surface area contributed by atoms with E-state index >= 15 is 0 Å². The Balaban J connectivity index is 1.41. The maximum absolute atomic E-state index is 13.7. The van der Waals surface area contributed by atoms with Crippen LogP contribution in [0.15, 0.2) is 41.3 Å². The number of hydrogen-bond acceptors (Lipinski definition) is 8. The fraction of sp³-hybridized carbons (Fsp3) is 0.500. The first-order valence-electron chi connectivity index (χ1n) is 16.0. The highest BCUT2D eigenvalue weighted by Crippen LogP contribution is 2.34. The van der Waals surface area contributed by atoms with Gasteiger partial charge >= 0.3 is 0 Å². The van der Waals surface area contributed by atoms with Gasteiger partial charge < -0.3 is 25.2 Å². The van der Waals surface area contributed by atoms with Crippen LogP contribution in [0.4, 0.5) is 0 Å². The Bertz CT molecular complexity index is 1760. The maximum Gasteiger partial charge on any atom is 0.243 e. The van der Waals surface area contributed by atoms with Crippen LogP contribution in [0, 0.1) is 13.8 Å². The van der Waals surface area contributed by atoms with Crippen molar-refractivity contribution < 1.29 is 22.7 Å². The number of amides is 2. The zero-order valence-corrected chi connectivity index (χ0v) is 30.8. The first-order chi connectivity index (χ1) is 22.5. The SMILES string of the molecule is Cc1cc(C)c2cccc(OCc3c(Cl)ccc(S(=O)(=O)NC(C)(C)C(=O)N4CCN(C(=O)C(N)CCCCN(C)C)CC4)c3Cl)c2n1. The molecule has 1 aromatic heterocycles. The largest absolute Gasteiger partial charge is 0.487 e. The number of fused-ring (bicyclic) bond motifs is 1. The highest BCUT2D eigenvalue weighted by Gasteiger charge is 2.39. The zero-order valence-electron chi connectivity index (χ0n) is 28.5. The molecule has 3 aromatic rings. The highest BCUT2D eigenvalue weighted by molar-refractivity contribution is 7.89. The Morgan fingerprint density at radius 3 is 2.40 bits per heavy atom. The summed E-state index contributed by atoms with van der Waals surface area (Å²) < 4.78 is 36.0. The minimum Gasteiger partial charge on any atom is -0.487 e. The summed E-state index contributed by atoms with van der Waals surface area (Å²) in [7, 11) is -0.283. The van der Waals surface area contributed by atoms with Gasteiger partial charge in [0, 0.05) is 47.8 Å². The molecule has 0 radical (unpaired) electrons. The summed E-state index contributed by atoms with van der Waals surface area (Å²) in [6, 6.07) is 9.73. The molecule has 48 heavy (non-hydrogen) atoms. The molecule has 4 rings (SSSR count). The van der Waals surface area contributed by atoms with Crippen LogP contribution in [0.3, 0.4) is 0 Å². The van der Waals surface area contributed by atoms with Crippen LogP contribution < -0.4 is 15.2 Å². The van der Waals surface area contributed by atoms with E-state index in [1.807, 2.05) is 46.1 Å². The van der Waals surface area contributed by atoms with E-state index in [4.69, 9.17) is 33.7 Å². The fourth-order valence-electron chi connectivity index (χ4n) is 5.85. The lowest BCUT2D eigenvalue weighted by Crippen LogP contribution is -2.61. The molecular weight excluding hydrogens is 675 g/mol. The van der Waals surface area contributed by atoms with Crippen molar-refractivity contribution in [1.82, 2.24) is 24.4 Å². The van der Waals surface area contributed by atoms with Crippen LogP contribution in [-0.4, -0.2) is 98.3 Å².